The fraction of sp³-hybridized carbons (Fsp3) is 0.130. The number of nitrogens with zero attached hydrogens (tertiary/aromatic N) is 4. The van der Waals surface area contributed by atoms with Crippen LogP contribution in [0.15, 0.2) is 91.3 Å². The lowest BCUT2D eigenvalue weighted by molar-refractivity contribution is 0.0947. The van der Waals surface area contributed by atoms with Crippen molar-refractivity contribution in [3.8, 4) is 5.69 Å². The molecule has 29 heavy (non-hydrogen) atoms. The number of carbonyl (C=O) groups excluding carboxylic acids is 1. The van der Waals surface area contributed by atoms with Crippen molar-refractivity contribution < 1.29 is 4.79 Å². The topological polar surface area (TPSA) is 72.7 Å². The van der Waals surface area contributed by atoms with E-state index in [9.17, 15) is 4.79 Å². The van der Waals surface area contributed by atoms with Crippen LogP contribution in [0.25, 0.3) is 5.69 Å². The number of hydrogen-bond acceptors (Lipinski definition) is 4. The van der Waals surface area contributed by atoms with E-state index in [0.29, 0.717) is 12.1 Å². The van der Waals surface area contributed by atoms with Gasteiger partial charge in [0, 0.05) is 17.5 Å². The zero-order valence-corrected chi connectivity index (χ0v) is 16.1. The molecular formula is C23H21N5O. The highest BCUT2D eigenvalue weighted by atomic mass is 16.1. The molecule has 0 fully saturated rings. The average Bonchev–Trinajstić information content (AvgIpc) is 3.33. The fourth-order valence-electron chi connectivity index (χ4n) is 3.39. The van der Waals surface area contributed by atoms with Gasteiger partial charge >= 0.3 is 0 Å². The van der Waals surface area contributed by atoms with E-state index < -0.39 is 0 Å². The third-order valence-corrected chi connectivity index (χ3v) is 5.17. The van der Waals surface area contributed by atoms with Crippen molar-refractivity contribution in [2.45, 2.75) is 12.3 Å². The van der Waals surface area contributed by atoms with Crippen molar-refractivity contribution >= 4 is 5.91 Å². The average molecular weight is 383 g/mol. The minimum Gasteiger partial charge on any atom is -0.351 e. The molecule has 4 aromatic rings. The maximum atomic E-state index is 12.8. The Morgan fingerprint density at radius 3 is 2.00 bits per heavy atom. The van der Waals surface area contributed by atoms with Crippen LogP contribution >= 0.6 is 0 Å². The maximum Gasteiger partial charge on any atom is 0.251 e. The second-order valence-corrected chi connectivity index (χ2v) is 7.05. The van der Waals surface area contributed by atoms with E-state index in [4.69, 9.17) is 0 Å². The summed E-state index contributed by atoms with van der Waals surface area (Å²) in [6.07, 6.45) is 1.51. The molecule has 0 aliphatic rings. The molecule has 0 saturated heterocycles. The van der Waals surface area contributed by atoms with Crippen molar-refractivity contribution in [3.05, 3.63) is 108 Å². The Balaban J connectivity index is 1.54. The third-order valence-electron chi connectivity index (χ3n) is 5.17. The lowest BCUT2D eigenvalue weighted by Crippen LogP contribution is -2.39. The van der Waals surface area contributed by atoms with E-state index in [1.54, 1.807) is 16.8 Å². The molecule has 0 atom stereocenters. The number of tetrazole rings is 1. The van der Waals surface area contributed by atoms with Gasteiger partial charge in [0.1, 0.15) is 6.33 Å². The molecule has 3 aromatic carbocycles. The first-order valence-corrected chi connectivity index (χ1v) is 9.39. The lowest BCUT2D eigenvalue weighted by Gasteiger charge is -2.31. The van der Waals surface area contributed by atoms with Crippen LogP contribution in [0.5, 0.6) is 0 Å². The van der Waals surface area contributed by atoms with Gasteiger partial charge in [0.2, 0.25) is 0 Å². The molecule has 144 valence electrons. The number of aromatic nitrogens is 4. The van der Waals surface area contributed by atoms with Gasteiger partial charge in [-0.15, -0.1) is 5.10 Å². The first kappa shape index (κ1) is 18.6. The smallest absolute Gasteiger partial charge is 0.251 e. The highest BCUT2D eigenvalue weighted by molar-refractivity contribution is 5.94. The SMILES string of the molecule is CC(CNC(=O)c1ccc(-n2cnnn2)cc1)(c1ccccc1)c1ccccc1. The number of hydrogen-bond donors (Lipinski definition) is 1. The third kappa shape index (κ3) is 3.91. The zero-order valence-electron chi connectivity index (χ0n) is 16.1. The Morgan fingerprint density at radius 1 is 0.897 bits per heavy atom. The normalized spacial score (nSPS) is 11.2. The van der Waals surface area contributed by atoms with Crippen molar-refractivity contribution in [2.75, 3.05) is 6.54 Å². The van der Waals surface area contributed by atoms with E-state index in [1.807, 2.05) is 48.5 Å². The minimum atomic E-state index is -0.343. The predicted molar refractivity (Wildman–Crippen MR) is 111 cm³/mol. The number of carbonyl (C=O) groups is 1. The summed E-state index contributed by atoms with van der Waals surface area (Å²) in [6.45, 7) is 2.63. The molecule has 1 amide bonds. The van der Waals surface area contributed by atoms with Crippen molar-refractivity contribution in [1.82, 2.24) is 25.5 Å². The lowest BCUT2D eigenvalue weighted by atomic mass is 9.76. The summed E-state index contributed by atoms with van der Waals surface area (Å²) in [5.74, 6) is -0.119. The van der Waals surface area contributed by atoms with Crippen LogP contribution in [0.1, 0.15) is 28.4 Å². The monoisotopic (exact) mass is 383 g/mol. The highest BCUT2D eigenvalue weighted by Gasteiger charge is 2.29. The summed E-state index contributed by atoms with van der Waals surface area (Å²) in [7, 11) is 0. The molecule has 1 aromatic heterocycles. The van der Waals surface area contributed by atoms with E-state index in [-0.39, 0.29) is 11.3 Å². The maximum absolute atomic E-state index is 12.8. The van der Waals surface area contributed by atoms with Crippen LogP contribution in [0.2, 0.25) is 0 Å². The molecule has 0 aliphatic carbocycles. The largest absolute Gasteiger partial charge is 0.351 e. The Bertz CT molecular complexity index is 1020. The molecule has 1 heterocycles. The predicted octanol–water partition coefficient (Wildman–Crippen LogP) is 3.40. The number of nitrogens with one attached hydrogen (secondary N) is 1. The van der Waals surface area contributed by atoms with Crippen molar-refractivity contribution in [2.24, 2.45) is 0 Å². The molecule has 0 saturated carbocycles. The summed E-state index contributed by atoms with van der Waals surface area (Å²) in [4.78, 5) is 12.8. The van der Waals surface area contributed by atoms with E-state index in [2.05, 4.69) is 52.0 Å². The van der Waals surface area contributed by atoms with Gasteiger partial charge in [-0.2, -0.15) is 0 Å². The number of benzene rings is 3. The molecule has 0 radical (unpaired) electrons. The number of rotatable bonds is 6. The molecule has 0 unspecified atom stereocenters. The van der Waals surface area contributed by atoms with Gasteiger partial charge in [-0.1, -0.05) is 60.7 Å². The first-order chi connectivity index (χ1) is 14.2. The Morgan fingerprint density at radius 2 is 1.48 bits per heavy atom. The molecule has 4 rings (SSSR count). The zero-order chi connectivity index (χ0) is 20.1. The highest BCUT2D eigenvalue weighted by Crippen LogP contribution is 2.31. The quantitative estimate of drug-likeness (QED) is 0.554. The van der Waals surface area contributed by atoms with Crippen LogP contribution in [0.3, 0.4) is 0 Å². The standard InChI is InChI=1S/C23H21N5O/c1-23(19-8-4-2-5-9-19,20-10-6-3-7-11-20)16-24-22(29)18-12-14-21(15-13-18)28-17-25-26-27-28/h2-15,17H,16H2,1H3,(H,24,29). The summed E-state index contributed by atoms with van der Waals surface area (Å²) in [5.41, 5.74) is 3.35. The molecule has 0 aliphatic heterocycles. The summed E-state index contributed by atoms with van der Waals surface area (Å²) < 4.78 is 1.55. The van der Waals surface area contributed by atoms with E-state index >= 15 is 0 Å². The second-order valence-electron chi connectivity index (χ2n) is 7.05. The van der Waals surface area contributed by atoms with Crippen LogP contribution in [0.4, 0.5) is 0 Å². The van der Waals surface area contributed by atoms with Crippen molar-refractivity contribution in [3.63, 3.8) is 0 Å². The molecular weight excluding hydrogens is 362 g/mol. The van der Waals surface area contributed by atoms with Crippen molar-refractivity contribution in [1.29, 1.82) is 0 Å². The second kappa shape index (κ2) is 8.06. The summed E-state index contributed by atoms with van der Waals surface area (Å²) >= 11 is 0. The van der Waals surface area contributed by atoms with Crippen LogP contribution < -0.4 is 5.32 Å². The molecule has 0 bridgehead atoms. The minimum absolute atomic E-state index is 0.119. The van der Waals surface area contributed by atoms with Crippen LogP contribution in [-0.2, 0) is 5.41 Å². The van der Waals surface area contributed by atoms with Crippen LogP contribution in [-0.4, -0.2) is 32.7 Å². The molecule has 1 N–H and O–H groups in total. The molecule has 0 spiro atoms. The first-order valence-electron chi connectivity index (χ1n) is 9.39. The summed E-state index contributed by atoms with van der Waals surface area (Å²) in [6, 6.07) is 27.7. The number of amides is 1. The fourth-order valence-corrected chi connectivity index (χ4v) is 3.39. The van der Waals surface area contributed by atoms with Gasteiger partial charge in [-0.25, -0.2) is 4.68 Å². The van der Waals surface area contributed by atoms with Gasteiger partial charge in [0.05, 0.1) is 5.69 Å². The Hall–Kier alpha value is -3.80. The van der Waals surface area contributed by atoms with Gasteiger partial charge in [0.15, 0.2) is 0 Å². The van der Waals surface area contributed by atoms with Crippen LogP contribution in [0, 0.1) is 0 Å². The van der Waals surface area contributed by atoms with E-state index in [0.717, 1.165) is 16.8 Å². The summed E-state index contributed by atoms with van der Waals surface area (Å²) in [5, 5.41) is 14.2. The molecule has 6 heteroatoms. The van der Waals surface area contributed by atoms with Gasteiger partial charge in [-0.3, -0.25) is 4.79 Å². The van der Waals surface area contributed by atoms with E-state index in [1.165, 1.54) is 6.33 Å². The Labute approximate surface area is 169 Å². The Kier molecular flexibility index (Phi) is 5.16. The van der Waals surface area contributed by atoms with Gasteiger partial charge in [0.25, 0.3) is 5.91 Å². The molecule has 6 nitrogen and oxygen atoms in total. The van der Waals surface area contributed by atoms with Gasteiger partial charge < -0.3 is 5.32 Å². The van der Waals surface area contributed by atoms with Gasteiger partial charge in [-0.05, 0) is 52.7 Å².